The maximum Gasteiger partial charge on any atom is 0.277 e. The second-order valence-corrected chi connectivity index (χ2v) is 7.40. The van der Waals surface area contributed by atoms with Crippen LogP contribution in [-0.2, 0) is 11.4 Å². The Balaban J connectivity index is 1.51. The molecule has 0 fully saturated rings. The van der Waals surface area contributed by atoms with Crippen LogP contribution >= 0.6 is 11.8 Å². The van der Waals surface area contributed by atoms with Gasteiger partial charge in [-0.05, 0) is 43.2 Å². The lowest BCUT2D eigenvalue weighted by atomic mass is 10.1. The number of anilines is 1. The molecular formula is C20H20N4O6S. The van der Waals surface area contributed by atoms with Crippen molar-refractivity contribution in [1.29, 1.82) is 0 Å². The normalized spacial score (nSPS) is 10.5. The van der Waals surface area contributed by atoms with E-state index < -0.39 is 4.92 Å². The summed E-state index contributed by atoms with van der Waals surface area (Å²) in [6.45, 7) is 4.14. The summed E-state index contributed by atoms with van der Waals surface area (Å²) in [4.78, 5) is 22.5. The third kappa shape index (κ3) is 5.95. The molecule has 0 bridgehead atoms. The number of non-ortho nitro benzene ring substituents is 1. The molecule has 11 heteroatoms. The van der Waals surface area contributed by atoms with Crippen molar-refractivity contribution in [2.45, 2.75) is 25.7 Å². The van der Waals surface area contributed by atoms with Gasteiger partial charge in [0.1, 0.15) is 11.5 Å². The maximum atomic E-state index is 12.2. The Morgan fingerprint density at radius 1 is 1.19 bits per heavy atom. The van der Waals surface area contributed by atoms with E-state index >= 15 is 0 Å². The Bertz CT molecular complexity index is 1100. The van der Waals surface area contributed by atoms with Crippen molar-refractivity contribution in [3.63, 3.8) is 0 Å². The smallest absolute Gasteiger partial charge is 0.277 e. The first kappa shape index (κ1) is 22.1. The number of aryl methyl sites for hydroxylation is 2. The highest BCUT2D eigenvalue weighted by molar-refractivity contribution is 7.99. The highest BCUT2D eigenvalue weighted by atomic mass is 32.2. The Morgan fingerprint density at radius 2 is 2.00 bits per heavy atom. The van der Waals surface area contributed by atoms with Crippen LogP contribution in [0.1, 0.15) is 17.0 Å². The van der Waals surface area contributed by atoms with Gasteiger partial charge >= 0.3 is 0 Å². The van der Waals surface area contributed by atoms with E-state index in [1.807, 2.05) is 32.0 Å². The van der Waals surface area contributed by atoms with Crippen LogP contribution in [0.3, 0.4) is 0 Å². The largest absolute Gasteiger partial charge is 0.494 e. The van der Waals surface area contributed by atoms with Crippen LogP contribution in [-0.4, -0.2) is 33.9 Å². The van der Waals surface area contributed by atoms with Gasteiger partial charge in [-0.1, -0.05) is 17.8 Å². The van der Waals surface area contributed by atoms with E-state index in [1.165, 1.54) is 30.9 Å². The number of aromatic nitrogens is 2. The molecule has 31 heavy (non-hydrogen) atoms. The summed E-state index contributed by atoms with van der Waals surface area (Å²) in [5, 5.41) is 21.5. The first-order valence-electron chi connectivity index (χ1n) is 9.13. The fourth-order valence-corrected chi connectivity index (χ4v) is 3.09. The van der Waals surface area contributed by atoms with Gasteiger partial charge in [0.25, 0.3) is 16.8 Å². The van der Waals surface area contributed by atoms with Gasteiger partial charge in [-0.25, -0.2) is 0 Å². The fourth-order valence-electron chi connectivity index (χ4n) is 2.51. The van der Waals surface area contributed by atoms with Crippen LogP contribution < -0.4 is 14.8 Å². The van der Waals surface area contributed by atoms with Crippen LogP contribution in [0.5, 0.6) is 11.5 Å². The summed E-state index contributed by atoms with van der Waals surface area (Å²) in [5.41, 5.74) is 2.49. The summed E-state index contributed by atoms with van der Waals surface area (Å²) in [6, 6.07) is 9.70. The van der Waals surface area contributed by atoms with E-state index in [0.717, 1.165) is 17.3 Å². The van der Waals surface area contributed by atoms with Gasteiger partial charge < -0.3 is 19.2 Å². The number of rotatable bonds is 9. The first-order valence-corrected chi connectivity index (χ1v) is 10.1. The van der Waals surface area contributed by atoms with E-state index in [4.69, 9.17) is 13.9 Å². The minimum atomic E-state index is -0.541. The molecule has 162 valence electrons. The first-order chi connectivity index (χ1) is 14.9. The summed E-state index contributed by atoms with van der Waals surface area (Å²) in [5.74, 6) is 0.823. The summed E-state index contributed by atoms with van der Waals surface area (Å²) in [6.07, 6.45) is 0. The zero-order valence-electron chi connectivity index (χ0n) is 17.1. The number of nitro groups is 1. The Kier molecular flexibility index (Phi) is 7.08. The fraction of sp³-hybridized carbons (Fsp3) is 0.250. The van der Waals surface area contributed by atoms with Crippen LogP contribution in [0, 0.1) is 24.0 Å². The van der Waals surface area contributed by atoms with Crippen molar-refractivity contribution < 1.29 is 23.6 Å². The molecular weight excluding hydrogens is 424 g/mol. The summed E-state index contributed by atoms with van der Waals surface area (Å²) >= 11 is 1.06. The summed E-state index contributed by atoms with van der Waals surface area (Å²) < 4.78 is 16.2. The second-order valence-electron chi connectivity index (χ2n) is 6.47. The Labute approximate surface area is 182 Å². The molecule has 0 aliphatic rings. The molecule has 0 saturated heterocycles. The molecule has 1 heterocycles. The Morgan fingerprint density at radius 3 is 2.71 bits per heavy atom. The number of ether oxygens (including phenoxy) is 2. The number of methoxy groups -OCH3 is 1. The van der Waals surface area contributed by atoms with E-state index in [1.54, 1.807) is 0 Å². The molecule has 0 radical (unpaired) electrons. The van der Waals surface area contributed by atoms with Crippen molar-refractivity contribution in [3.8, 4) is 11.5 Å². The van der Waals surface area contributed by atoms with E-state index in [2.05, 4.69) is 15.5 Å². The maximum absolute atomic E-state index is 12.2. The lowest BCUT2D eigenvalue weighted by molar-refractivity contribution is -0.384. The van der Waals surface area contributed by atoms with Gasteiger partial charge in [0.05, 0.1) is 29.5 Å². The average Bonchev–Trinajstić information content (AvgIpc) is 3.21. The van der Waals surface area contributed by atoms with E-state index in [9.17, 15) is 14.9 Å². The summed E-state index contributed by atoms with van der Waals surface area (Å²) in [7, 11) is 1.36. The SMILES string of the molecule is COc1cc([N+](=O)[O-])ccc1NC(=O)CSc1nnc(COc2ccc(C)c(C)c2)o1. The number of nitrogens with one attached hydrogen (secondary N) is 1. The number of carbonyl (C=O) groups excluding carboxylic acids is 1. The third-order valence-corrected chi connectivity index (χ3v) is 5.10. The standard InChI is InChI=1S/C20H20N4O6S/c1-12-4-6-15(8-13(12)2)29-10-19-22-23-20(30-19)31-11-18(25)21-16-7-5-14(24(26)27)9-17(16)28-3/h4-9H,10-11H2,1-3H3,(H,21,25). The lowest BCUT2D eigenvalue weighted by Crippen LogP contribution is -2.14. The molecule has 0 spiro atoms. The molecule has 3 rings (SSSR count). The predicted molar refractivity (Wildman–Crippen MR) is 114 cm³/mol. The zero-order chi connectivity index (χ0) is 22.4. The van der Waals surface area contributed by atoms with Crippen LogP contribution in [0.25, 0.3) is 0 Å². The van der Waals surface area contributed by atoms with Gasteiger partial charge in [-0.15, -0.1) is 10.2 Å². The third-order valence-electron chi connectivity index (χ3n) is 4.29. The molecule has 0 unspecified atom stereocenters. The number of thioether (sulfide) groups is 1. The van der Waals surface area contributed by atoms with Crippen molar-refractivity contribution >= 4 is 29.0 Å². The van der Waals surface area contributed by atoms with Crippen molar-refractivity contribution in [3.05, 3.63) is 63.5 Å². The molecule has 0 atom stereocenters. The molecule has 3 aromatic rings. The van der Waals surface area contributed by atoms with Gasteiger partial charge in [-0.3, -0.25) is 14.9 Å². The van der Waals surface area contributed by atoms with Gasteiger partial charge in [-0.2, -0.15) is 0 Å². The molecule has 1 aromatic heterocycles. The van der Waals surface area contributed by atoms with Gasteiger partial charge in [0.2, 0.25) is 5.91 Å². The predicted octanol–water partition coefficient (Wildman–Crippen LogP) is 3.91. The van der Waals surface area contributed by atoms with Gasteiger partial charge in [0.15, 0.2) is 6.61 Å². The number of hydrogen-bond acceptors (Lipinski definition) is 9. The van der Waals surface area contributed by atoms with E-state index in [-0.39, 0.29) is 40.8 Å². The number of hydrogen-bond donors (Lipinski definition) is 1. The quantitative estimate of drug-likeness (QED) is 0.296. The van der Waals surface area contributed by atoms with Crippen LogP contribution in [0.2, 0.25) is 0 Å². The topological polar surface area (TPSA) is 130 Å². The highest BCUT2D eigenvalue weighted by Crippen LogP contribution is 2.29. The van der Waals surface area contributed by atoms with Crippen LogP contribution in [0.15, 0.2) is 46.0 Å². The number of nitrogens with zero attached hydrogens (tertiary/aromatic N) is 3. The van der Waals surface area contributed by atoms with Gasteiger partial charge in [0, 0.05) is 6.07 Å². The highest BCUT2D eigenvalue weighted by Gasteiger charge is 2.15. The van der Waals surface area contributed by atoms with Crippen molar-refractivity contribution in [1.82, 2.24) is 10.2 Å². The zero-order valence-corrected chi connectivity index (χ0v) is 17.9. The molecule has 0 aliphatic carbocycles. The number of amides is 1. The molecule has 1 amide bonds. The van der Waals surface area contributed by atoms with Crippen LogP contribution in [0.4, 0.5) is 11.4 Å². The number of nitro benzene ring substituents is 1. The second kappa shape index (κ2) is 9.94. The lowest BCUT2D eigenvalue weighted by Gasteiger charge is -2.09. The molecule has 10 nitrogen and oxygen atoms in total. The molecule has 0 aliphatic heterocycles. The average molecular weight is 444 g/mol. The minimum absolute atomic E-state index is 0.000209. The number of carbonyl (C=O) groups is 1. The van der Waals surface area contributed by atoms with E-state index in [0.29, 0.717) is 11.4 Å². The Hall–Kier alpha value is -3.60. The molecule has 1 N–H and O–H groups in total. The van der Waals surface area contributed by atoms with Crippen molar-refractivity contribution in [2.24, 2.45) is 0 Å². The molecule has 2 aromatic carbocycles. The minimum Gasteiger partial charge on any atom is -0.494 e. The molecule has 0 saturated carbocycles. The number of benzene rings is 2. The monoisotopic (exact) mass is 444 g/mol. The van der Waals surface area contributed by atoms with Crippen molar-refractivity contribution in [2.75, 3.05) is 18.2 Å².